The average molecular weight is 435 g/mol. The van der Waals surface area contributed by atoms with E-state index < -0.39 is 0 Å². The maximum Gasteiger partial charge on any atom is 0.237 e. The number of carbonyl (C=O) groups is 1. The summed E-state index contributed by atoms with van der Waals surface area (Å²) in [5, 5.41) is 4.04. The normalized spacial score (nSPS) is 22.5. The van der Waals surface area contributed by atoms with Crippen LogP contribution in [0, 0.1) is 0 Å². The lowest BCUT2D eigenvalue weighted by Crippen LogP contribution is -2.50. The Hall–Kier alpha value is -1.79. The minimum atomic E-state index is -0.0545. The molecule has 0 aromatic heterocycles. The van der Waals surface area contributed by atoms with Gasteiger partial charge >= 0.3 is 0 Å². The van der Waals surface area contributed by atoms with Crippen molar-refractivity contribution < 1.29 is 14.3 Å². The third-order valence-corrected chi connectivity index (χ3v) is 6.10. The lowest BCUT2D eigenvalue weighted by Gasteiger charge is -2.35. The summed E-state index contributed by atoms with van der Waals surface area (Å²) in [6.07, 6.45) is 1.39. The average Bonchev–Trinajstić information content (AvgIpc) is 3.16. The van der Waals surface area contributed by atoms with Crippen LogP contribution in [0.5, 0.6) is 5.75 Å². The molecule has 2 aliphatic rings. The Morgan fingerprint density at radius 3 is 2.62 bits per heavy atom. The molecule has 1 amide bonds. The van der Waals surface area contributed by atoms with E-state index in [-0.39, 0.29) is 18.1 Å². The summed E-state index contributed by atoms with van der Waals surface area (Å²) in [6, 6.07) is 13.5. The fourth-order valence-electron chi connectivity index (χ4n) is 3.90. The maximum absolute atomic E-state index is 12.0. The first-order valence-corrected chi connectivity index (χ1v) is 10.6. The van der Waals surface area contributed by atoms with Crippen LogP contribution in [0.1, 0.15) is 17.5 Å². The van der Waals surface area contributed by atoms with Crippen molar-refractivity contribution in [3.63, 3.8) is 0 Å². The van der Waals surface area contributed by atoms with Crippen LogP contribution in [0.2, 0.25) is 10.0 Å². The van der Waals surface area contributed by atoms with E-state index in [0.717, 1.165) is 30.6 Å². The number of amides is 1. The Balaban J connectivity index is 1.40. The summed E-state index contributed by atoms with van der Waals surface area (Å²) < 4.78 is 11.8. The molecule has 29 heavy (non-hydrogen) atoms. The third kappa shape index (κ3) is 5.04. The number of nitrogens with zero attached hydrogens (tertiary/aromatic N) is 1. The number of hydrogen-bond donors (Lipinski definition) is 1. The van der Waals surface area contributed by atoms with Crippen molar-refractivity contribution in [1.29, 1.82) is 0 Å². The quantitative estimate of drug-likeness (QED) is 0.752. The van der Waals surface area contributed by atoms with E-state index in [0.29, 0.717) is 42.0 Å². The molecule has 2 heterocycles. The zero-order valence-electron chi connectivity index (χ0n) is 16.1. The Morgan fingerprint density at radius 2 is 1.93 bits per heavy atom. The maximum atomic E-state index is 12.0. The van der Waals surface area contributed by atoms with Crippen molar-refractivity contribution in [1.82, 2.24) is 10.2 Å². The van der Waals surface area contributed by atoms with Crippen molar-refractivity contribution in [3.8, 4) is 5.75 Å². The van der Waals surface area contributed by atoms with E-state index in [1.165, 1.54) is 0 Å². The van der Waals surface area contributed by atoms with Gasteiger partial charge in [-0.15, -0.1) is 0 Å². The summed E-state index contributed by atoms with van der Waals surface area (Å²) >= 11 is 13.0. The first-order chi connectivity index (χ1) is 14.1. The number of rotatable bonds is 6. The second-order valence-electron chi connectivity index (χ2n) is 7.43. The fraction of sp³-hybridized carbons (Fsp3) is 0.409. The van der Waals surface area contributed by atoms with Gasteiger partial charge in [-0.2, -0.15) is 0 Å². The number of hydrogen-bond acceptors (Lipinski definition) is 4. The van der Waals surface area contributed by atoms with E-state index in [2.05, 4.69) is 10.2 Å². The van der Waals surface area contributed by atoms with Crippen LogP contribution in [0.4, 0.5) is 0 Å². The summed E-state index contributed by atoms with van der Waals surface area (Å²) in [6.45, 7) is 3.26. The number of ether oxygens (including phenoxy) is 2. The summed E-state index contributed by atoms with van der Waals surface area (Å²) in [5.74, 6) is 0.753. The molecule has 0 radical (unpaired) electrons. The number of halogens is 2. The smallest absolute Gasteiger partial charge is 0.237 e. The van der Waals surface area contributed by atoms with Gasteiger partial charge in [-0.3, -0.25) is 9.69 Å². The predicted octanol–water partition coefficient (Wildman–Crippen LogP) is 3.70. The molecule has 154 valence electrons. The molecule has 0 bridgehead atoms. The van der Waals surface area contributed by atoms with Gasteiger partial charge in [-0.25, -0.2) is 0 Å². The van der Waals surface area contributed by atoms with Crippen LogP contribution in [0.3, 0.4) is 0 Å². The molecule has 2 fully saturated rings. The largest absolute Gasteiger partial charge is 0.489 e. The number of nitrogens with one attached hydrogen (secondary N) is 1. The molecule has 1 N–H and O–H groups in total. The Labute approximate surface area is 180 Å². The van der Waals surface area contributed by atoms with Crippen LogP contribution >= 0.6 is 23.2 Å². The minimum absolute atomic E-state index is 0.0526. The van der Waals surface area contributed by atoms with Crippen LogP contribution in [0.25, 0.3) is 0 Å². The first-order valence-electron chi connectivity index (χ1n) is 9.88. The lowest BCUT2D eigenvalue weighted by molar-refractivity contribution is -0.126. The molecule has 0 saturated carbocycles. The molecular weight excluding hydrogens is 411 g/mol. The van der Waals surface area contributed by atoms with Gasteiger partial charge in [-0.05, 0) is 29.7 Å². The van der Waals surface area contributed by atoms with Gasteiger partial charge in [0, 0.05) is 36.1 Å². The highest BCUT2D eigenvalue weighted by molar-refractivity contribution is 6.36. The van der Waals surface area contributed by atoms with Crippen molar-refractivity contribution >= 4 is 29.1 Å². The highest BCUT2D eigenvalue weighted by atomic mass is 35.5. The molecule has 0 spiro atoms. The molecule has 2 aliphatic heterocycles. The van der Waals surface area contributed by atoms with E-state index in [9.17, 15) is 4.79 Å². The highest BCUT2D eigenvalue weighted by Crippen LogP contribution is 2.32. The summed E-state index contributed by atoms with van der Waals surface area (Å²) in [5.41, 5.74) is 1.93. The number of carbonyl (C=O) groups excluding carboxylic acids is 1. The topological polar surface area (TPSA) is 50.8 Å². The van der Waals surface area contributed by atoms with Crippen molar-refractivity contribution in [2.75, 3.05) is 26.2 Å². The molecule has 2 aromatic rings. The number of benzene rings is 2. The summed E-state index contributed by atoms with van der Waals surface area (Å²) in [4.78, 5) is 14.2. The van der Waals surface area contributed by atoms with Crippen LogP contribution in [-0.2, 0) is 22.6 Å². The second kappa shape index (κ2) is 9.35. The third-order valence-electron chi connectivity index (χ3n) is 5.43. The summed E-state index contributed by atoms with van der Waals surface area (Å²) in [7, 11) is 0. The van der Waals surface area contributed by atoms with Gasteiger partial charge in [0.15, 0.2) is 0 Å². The zero-order chi connectivity index (χ0) is 20.2. The van der Waals surface area contributed by atoms with Gasteiger partial charge < -0.3 is 14.8 Å². The lowest BCUT2D eigenvalue weighted by atomic mass is 10.0. The van der Waals surface area contributed by atoms with Crippen LogP contribution in [0.15, 0.2) is 42.5 Å². The molecule has 4 rings (SSSR count). The minimum Gasteiger partial charge on any atom is -0.489 e. The zero-order valence-corrected chi connectivity index (χ0v) is 17.6. The van der Waals surface area contributed by atoms with Crippen molar-refractivity contribution in [3.05, 3.63) is 63.6 Å². The first kappa shape index (κ1) is 20.5. The molecule has 2 saturated heterocycles. The molecule has 0 aliphatic carbocycles. The molecular formula is C22H24Cl2N2O3. The SMILES string of the molecule is O=C1NCC[C@H]1N1CCOC(Cc2c(Cl)cc(OCc3ccccc3)cc2Cl)C1. The van der Waals surface area contributed by atoms with Crippen LogP contribution in [-0.4, -0.2) is 49.2 Å². The van der Waals surface area contributed by atoms with E-state index in [4.69, 9.17) is 32.7 Å². The van der Waals surface area contributed by atoms with E-state index >= 15 is 0 Å². The van der Waals surface area contributed by atoms with Crippen molar-refractivity contribution in [2.45, 2.75) is 31.6 Å². The molecule has 2 atom stereocenters. The predicted molar refractivity (Wildman–Crippen MR) is 114 cm³/mol. The van der Waals surface area contributed by atoms with Gasteiger partial charge in [-0.1, -0.05) is 53.5 Å². The molecule has 2 aromatic carbocycles. The second-order valence-corrected chi connectivity index (χ2v) is 8.24. The molecule has 5 nitrogen and oxygen atoms in total. The number of morpholine rings is 1. The fourth-order valence-corrected chi connectivity index (χ4v) is 4.53. The molecule has 1 unspecified atom stereocenters. The van der Waals surface area contributed by atoms with Crippen LogP contribution < -0.4 is 10.1 Å². The Bertz CT molecular complexity index is 839. The van der Waals surface area contributed by atoms with E-state index in [1.807, 2.05) is 30.3 Å². The van der Waals surface area contributed by atoms with Gasteiger partial charge in [0.1, 0.15) is 12.4 Å². The Kier molecular flexibility index (Phi) is 6.60. The monoisotopic (exact) mass is 434 g/mol. The van der Waals surface area contributed by atoms with Gasteiger partial charge in [0.2, 0.25) is 5.91 Å². The van der Waals surface area contributed by atoms with Gasteiger partial charge in [0.25, 0.3) is 0 Å². The standard InChI is InChI=1S/C22H24Cl2N2O3/c23-19-11-16(29-14-15-4-2-1-3-5-15)12-20(24)18(19)10-17-13-26(8-9-28-17)21-6-7-25-22(21)27/h1-5,11-12,17,21H,6-10,13-14H2,(H,25,27)/t17?,21-/m1/s1. The van der Waals surface area contributed by atoms with E-state index in [1.54, 1.807) is 12.1 Å². The molecule has 7 heteroatoms. The Morgan fingerprint density at radius 1 is 1.17 bits per heavy atom. The van der Waals surface area contributed by atoms with Gasteiger partial charge in [0.05, 0.1) is 18.8 Å². The highest BCUT2D eigenvalue weighted by Gasteiger charge is 2.34. The van der Waals surface area contributed by atoms with Crippen molar-refractivity contribution in [2.24, 2.45) is 0 Å².